The predicted octanol–water partition coefficient (Wildman–Crippen LogP) is 0.383. The average molecular weight is 249 g/mol. The molecular formula is C13H19N3O2. The monoisotopic (exact) mass is 249 g/mol. The number of carbonyl (C=O) groups is 1. The summed E-state index contributed by atoms with van der Waals surface area (Å²) < 4.78 is 5.21. The van der Waals surface area contributed by atoms with Gasteiger partial charge in [0.2, 0.25) is 5.91 Å². The van der Waals surface area contributed by atoms with Crippen LogP contribution in [0.1, 0.15) is 17.7 Å². The van der Waals surface area contributed by atoms with Crippen molar-refractivity contribution in [1.82, 2.24) is 15.6 Å². The number of aryl methyl sites for hydroxylation is 1. The summed E-state index contributed by atoms with van der Waals surface area (Å²) in [5.74, 6) is 0.0233. The van der Waals surface area contributed by atoms with Crippen molar-refractivity contribution in [2.24, 2.45) is 0 Å². The number of nitrogens with zero attached hydrogens (tertiary/aromatic N) is 1. The molecule has 0 radical (unpaired) electrons. The highest BCUT2D eigenvalue weighted by molar-refractivity contribution is 5.82. The molecule has 2 atom stereocenters. The van der Waals surface area contributed by atoms with Gasteiger partial charge in [-0.05, 0) is 25.0 Å². The molecule has 0 aromatic carbocycles. The van der Waals surface area contributed by atoms with Gasteiger partial charge in [-0.25, -0.2) is 0 Å². The first-order valence-corrected chi connectivity index (χ1v) is 6.14. The second-order valence-electron chi connectivity index (χ2n) is 4.58. The molecule has 2 N–H and O–H groups in total. The molecule has 1 saturated heterocycles. The highest BCUT2D eigenvalue weighted by atomic mass is 16.5. The van der Waals surface area contributed by atoms with Crippen molar-refractivity contribution < 1.29 is 9.53 Å². The van der Waals surface area contributed by atoms with Gasteiger partial charge >= 0.3 is 0 Å². The van der Waals surface area contributed by atoms with Crippen LogP contribution in [0.4, 0.5) is 0 Å². The number of hydrogen-bond donors (Lipinski definition) is 2. The molecule has 1 aromatic rings. The quantitative estimate of drug-likeness (QED) is 0.810. The molecule has 0 bridgehead atoms. The first kappa shape index (κ1) is 13.0. The number of ether oxygens (including phenoxy) is 1. The first-order chi connectivity index (χ1) is 8.69. The van der Waals surface area contributed by atoms with E-state index < -0.39 is 0 Å². The summed E-state index contributed by atoms with van der Waals surface area (Å²) in [5.41, 5.74) is 1.99. The normalized spacial score (nSPS) is 23.0. The maximum absolute atomic E-state index is 11.9. The molecule has 1 fully saturated rings. The first-order valence-electron chi connectivity index (χ1n) is 6.14. The van der Waals surface area contributed by atoms with Crippen LogP contribution in [-0.2, 0) is 16.1 Å². The van der Waals surface area contributed by atoms with Crippen LogP contribution in [0.15, 0.2) is 18.3 Å². The van der Waals surface area contributed by atoms with E-state index in [0.29, 0.717) is 6.54 Å². The minimum Gasteiger partial charge on any atom is -0.380 e. The average Bonchev–Trinajstić information content (AvgIpc) is 2.86. The topological polar surface area (TPSA) is 63.2 Å². The Morgan fingerprint density at radius 3 is 3.06 bits per heavy atom. The van der Waals surface area contributed by atoms with Crippen molar-refractivity contribution in [3.8, 4) is 0 Å². The molecule has 18 heavy (non-hydrogen) atoms. The van der Waals surface area contributed by atoms with Gasteiger partial charge < -0.3 is 15.4 Å². The Morgan fingerprint density at radius 2 is 2.44 bits per heavy atom. The van der Waals surface area contributed by atoms with Crippen LogP contribution >= 0.6 is 0 Å². The Morgan fingerprint density at radius 1 is 1.61 bits per heavy atom. The number of aromatic nitrogens is 1. The van der Waals surface area contributed by atoms with Gasteiger partial charge in [0.15, 0.2) is 0 Å². The standard InChI is InChI=1S/C13H19N3O2/c1-9-3-4-10(6-14-9)7-16-13(17)12-5-11(18-2)8-15-12/h3-4,6,11-12,15H,5,7-8H2,1-2H3,(H,16,17). The van der Waals surface area contributed by atoms with E-state index >= 15 is 0 Å². The van der Waals surface area contributed by atoms with E-state index in [0.717, 1.165) is 24.2 Å². The molecule has 0 saturated carbocycles. The van der Waals surface area contributed by atoms with Crippen LogP contribution in [0, 0.1) is 6.92 Å². The van der Waals surface area contributed by atoms with E-state index in [9.17, 15) is 4.79 Å². The Bertz CT molecular complexity index is 405. The Balaban J connectivity index is 1.80. The highest BCUT2D eigenvalue weighted by Gasteiger charge is 2.28. The lowest BCUT2D eigenvalue weighted by Crippen LogP contribution is -2.40. The van der Waals surface area contributed by atoms with Crippen molar-refractivity contribution in [3.63, 3.8) is 0 Å². The van der Waals surface area contributed by atoms with Crippen molar-refractivity contribution in [3.05, 3.63) is 29.6 Å². The van der Waals surface area contributed by atoms with Crippen LogP contribution in [-0.4, -0.2) is 36.7 Å². The van der Waals surface area contributed by atoms with Gasteiger partial charge in [0, 0.05) is 32.1 Å². The summed E-state index contributed by atoms with van der Waals surface area (Å²) in [6, 6.07) is 3.77. The Labute approximate surface area is 107 Å². The van der Waals surface area contributed by atoms with Crippen molar-refractivity contribution in [1.29, 1.82) is 0 Å². The zero-order valence-corrected chi connectivity index (χ0v) is 10.8. The van der Waals surface area contributed by atoms with Crippen LogP contribution < -0.4 is 10.6 Å². The molecular weight excluding hydrogens is 230 g/mol. The molecule has 1 aromatic heterocycles. The van der Waals surface area contributed by atoms with Gasteiger partial charge in [0.25, 0.3) is 0 Å². The largest absolute Gasteiger partial charge is 0.380 e. The van der Waals surface area contributed by atoms with Gasteiger partial charge in [-0.3, -0.25) is 9.78 Å². The summed E-state index contributed by atoms with van der Waals surface area (Å²) in [7, 11) is 1.67. The molecule has 1 amide bonds. The number of pyridine rings is 1. The number of amides is 1. The lowest BCUT2D eigenvalue weighted by Gasteiger charge is -2.11. The summed E-state index contributed by atoms with van der Waals surface area (Å²) in [4.78, 5) is 16.1. The molecule has 98 valence electrons. The molecule has 2 heterocycles. The summed E-state index contributed by atoms with van der Waals surface area (Å²) in [6.07, 6.45) is 2.66. The van der Waals surface area contributed by atoms with Crippen LogP contribution in [0.3, 0.4) is 0 Å². The second-order valence-corrected chi connectivity index (χ2v) is 4.58. The van der Waals surface area contributed by atoms with E-state index in [1.165, 1.54) is 0 Å². The SMILES string of the molecule is COC1CNC(C(=O)NCc2ccc(C)nc2)C1. The molecule has 1 aliphatic rings. The molecule has 1 aliphatic heterocycles. The fourth-order valence-electron chi connectivity index (χ4n) is 2.00. The van der Waals surface area contributed by atoms with E-state index in [2.05, 4.69) is 15.6 Å². The molecule has 5 nitrogen and oxygen atoms in total. The maximum atomic E-state index is 11.9. The third-order valence-corrected chi connectivity index (χ3v) is 3.18. The third kappa shape index (κ3) is 3.27. The maximum Gasteiger partial charge on any atom is 0.237 e. The van der Waals surface area contributed by atoms with E-state index in [-0.39, 0.29) is 18.1 Å². The van der Waals surface area contributed by atoms with Gasteiger partial charge in [-0.2, -0.15) is 0 Å². The number of methoxy groups -OCH3 is 1. The zero-order chi connectivity index (χ0) is 13.0. The van der Waals surface area contributed by atoms with Gasteiger partial charge in [0.1, 0.15) is 0 Å². The lowest BCUT2D eigenvalue weighted by atomic mass is 10.2. The van der Waals surface area contributed by atoms with Crippen molar-refractivity contribution >= 4 is 5.91 Å². The number of nitrogens with one attached hydrogen (secondary N) is 2. The Kier molecular flexibility index (Phi) is 4.28. The number of rotatable bonds is 4. The molecule has 5 heteroatoms. The fraction of sp³-hybridized carbons (Fsp3) is 0.538. The van der Waals surface area contributed by atoms with Gasteiger partial charge in [0.05, 0.1) is 12.1 Å². The van der Waals surface area contributed by atoms with E-state index in [1.54, 1.807) is 13.3 Å². The smallest absolute Gasteiger partial charge is 0.237 e. The molecule has 2 rings (SSSR count). The summed E-state index contributed by atoms with van der Waals surface area (Å²) >= 11 is 0. The zero-order valence-electron chi connectivity index (χ0n) is 10.8. The van der Waals surface area contributed by atoms with Gasteiger partial charge in [-0.15, -0.1) is 0 Å². The lowest BCUT2D eigenvalue weighted by molar-refractivity contribution is -0.123. The van der Waals surface area contributed by atoms with Crippen molar-refractivity contribution in [2.45, 2.75) is 32.0 Å². The highest BCUT2D eigenvalue weighted by Crippen LogP contribution is 2.09. The fourth-order valence-corrected chi connectivity index (χ4v) is 2.00. The Hall–Kier alpha value is -1.46. The minimum absolute atomic E-state index is 0.0233. The summed E-state index contributed by atoms with van der Waals surface area (Å²) in [5, 5.41) is 6.06. The van der Waals surface area contributed by atoms with Crippen LogP contribution in [0.5, 0.6) is 0 Å². The second kappa shape index (κ2) is 5.93. The van der Waals surface area contributed by atoms with Crippen LogP contribution in [0.25, 0.3) is 0 Å². The van der Waals surface area contributed by atoms with E-state index in [1.807, 2.05) is 19.1 Å². The third-order valence-electron chi connectivity index (χ3n) is 3.18. The molecule has 0 aliphatic carbocycles. The van der Waals surface area contributed by atoms with Crippen molar-refractivity contribution in [2.75, 3.05) is 13.7 Å². The van der Waals surface area contributed by atoms with E-state index in [4.69, 9.17) is 4.74 Å². The minimum atomic E-state index is -0.145. The number of hydrogen-bond acceptors (Lipinski definition) is 4. The van der Waals surface area contributed by atoms with Crippen LogP contribution in [0.2, 0.25) is 0 Å². The predicted molar refractivity (Wildman–Crippen MR) is 68.0 cm³/mol. The van der Waals surface area contributed by atoms with Gasteiger partial charge in [-0.1, -0.05) is 6.07 Å². The number of carbonyl (C=O) groups excluding carboxylic acids is 1. The summed E-state index contributed by atoms with van der Waals surface area (Å²) in [6.45, 7) is 3.19. The molecule has 2 unspecified atom stereocenters. The molecule has 0 spiro atoms.